The molecule has 0 heterocycles. The molecule has 0 saturated carbocycles. The van der Waals surface area contributed by atoms with Crippen molar-refractivity contribution in [3.63, 3.8) is 0 Å². The fraction of sp³-hybridized carbons (Fsp3) is 0.421. The number of ether oxygens (including phenoxy) is 2. The predicted molar refractivity (Wildman–Crippen MR) is 94.1 cm³/mol. The lowest BCUT2D eigenvalue weighted by molar-refractivity contribution is -0.139. The lowest BCUT2D eigenvalue weighted by Crippen LogP contribution is -2.42. The first-order valence-corrected chi connectivity index (χ1v) is 8.07. The van der Waals surface area contributed by atoms with E-state index in [0.29, 0.717) is 13.0 Å². The van der Waals surface area contributed by atoms with E-state index < -0.39 is 5.60 Å². The topological polar surface area (TPSA) is 47.6 Å². The lowest BCUT2D eigenvalue weighted by atomic mass is 10.0. The van der Waals surface area contributed by atoms with Gasteiger partial charge in [-0.2, -0.15) is 0 Å². The van der Waals surface area contributed by atoms with E-state index in [0.717, 1.165) is 28.6 Å². The van der Waals surface area contributed by atoms with Crippen molar-refractivity contribution >= 4 is 22.4 Å². The van der Waals surface area contributed by atoms with Crippen molar-refractivity contribution in [1.29, 1.82) is 0 Å². The summed E-state index contributed by atoms with van der Waals surface area (Å²) in [4.78, 5) is 12.7. The van der Waals surface area contributed by atoms with Gasteiger partial charge in [0.1, 0.15) is 11.4 Å². The summed E-state index contributed by atoms with van der Waals surface area (Å²) < 4.78 is 11.2. The maximum absolute atomic E-state index is 12.7. The highest BCUT2D eigenvalue weighted by Gasteiger charge is 2.32. The second-order valence-corrected chi connectivity index (χ2v) is 5.75. The number of carbonyl (C=O) groups excluding carboxylic acids is 1. The van der Waals surface area contributed by atoms with Crippen molar-refractivity contribution in [2.45, 2.75) is 39.2 Å². The van der Waals surface area contributed by atoms with Crippen LogP contribution in [0.1, 0.15) is 33.6 Å². The van der Waals surface area contributed by atoms with Gasteiger partial charge in [-0.05, 0) is 31.9 Å². The minimum atomic E-state index is -0.822. The summed E-state index contributed by atoms with van der Waals surface area (Å²) in [7, 11) is 1.65. The molecule has 0 saturated heterocycles. The van der Waals surface area contributed by atoms with Crippen LogP contribution in [0, 0.1) is 0 Å². The maximum Gasteiger partial charge on any atom is 0.256 e. The number of fused-ring (bicyclic) bond motifs is 1. The van der Waals surface area contributed by atoms with E-state index in [2.05, 4.69) is 5.32 Å². The number of nitrogens with one attached hydrogen (secondary N) is 1. The van der Waals surface area contributed by atoms with Crippen LogP contribution in [0.5, 0.6) is 5.75 Å². The van der Waals surface area contributed by atoms with Crippen LogP contribution in [0.4, 0.5) is 5.69 Å². The first-order valence-electron chi connectivity index (χ1n) is 8.07. The van der Waals surface area contributed by atoms with Gasteiger partial charge in [0.15, 0.2) is 0 Å². The quantitative estimate of drug-likeness (QED) is 0.824. The number of hydrogen-bond acceptors (Lipinski definition) is 3. The molecule has 0 aliphatic heterocycles. The smallest absolute Gasteiger partial charge is 0.256 e. The zero-order valence-corrected chi connectivity index (χ0v) is 14.3. The summed E-state index contributed by atoms with van der Waals surface area (Å²) in [6.07, 6.45) is 1.50. The number of amides is 1. The van der Waals surface area contributed by atoms with E-state index in [1.165, 1.54) is 0 Å². The summed E-state index contributed by atoms with van der Waals surface area (Å²) >= 11 is 0. The molecule has 0 aliphatic carbocycles. The van der Waals surface area contributed by atoms with Crippen LogP contribution in [0.25, 0.3) is 10.8 Å². The molecule has 0 radical (unpaired) electrons. The Bertz CT molecular complexity index is 683. The molecule has 2 aromatic carbocycles. The monoisotopic (exact) mass is 315 g/mol. The zero-order valence-electron chi connectivity index (χ0n) is 14.3. The molecule has 1 amide bonds. The van der Waals surface area contributed by atoms with Crippen molar-refractivity contribution in [3.05, 3.63) is 36.4 Å². The second kappa shape index (κ2) is 7.47. The summed E-state index contributed by atoms with van der Waals surface area (Å²) in [6.45, 7) is 6.40. The van der Waals surface area contributed by atoms with Crippen molar-refractivity contribution in [3.8, 4) is 5.75 Å². The molecule has 0 unspecified atom stereocenters. The highest BCUT2D eigenvalue weighted by Crippen LogP contribution is 2.32. The first-order chi connectivity index (χ1) is 11.1. The van der Waals surface area contributed by atoms with Gasteiger partial charge < -0.3 is 14.8 Å². The Hall–Kier alpha value is -2.07. The van der Waals surface area contributed by atoms with Gasteiger partial charge in [-0.1, -0.05) is 38.1 Å². The number of benzene rings is 2. The van der Waals surface area contributed by atoms with E-state index in [4.69, 9.17) is 9.47 Å². The van der Waals surface area contributed by atoms with Crippen molar-refractivity contribution < 1.29 is 14.3 Å². The normalized spacial score (nSPS) is 13.6. The molecule has 124 valence electrons. The van der Waals surface area contributed by atoms with Crippen LogP contribution in [-0.4, -0.2) is 25.2 Å². The average molecular weight is 315 g/mol. The zero-order chi connectivity index (χ0) is 16.9. The Morgan fingerprint density at radius 1 is 1.13 bits per heavy atom. The van der Waals surface area contributed by atoms with E-state index in [-0.39, 0.29) is 5.91 Å². The molecule has 2 rings (SSSR count). The lowest BCUT2D eigenvalue weighted by Gasteiger charge is -2.27. The van der Waals surface area contributed by atoms with Crippen molar-refractivity contribution in [2.75, 3.05) is 19.0 Å². The third-order valence-electron chi connectivity index (χ3n) is 4.13. The number of carbonyl (C=O) groups is 1. The predicted octanol–water partition coefficient (Wildman–Crippen LogP) is 4.38. The van der Waals surface area contributed by atoms with Gasteiger partial charge in [-0.15, -0.1) is 0 Å². The molecule has 2 aromatic rings. The minimum Gasteiger partial charge on any atom is -0.496 e. The van der Waals surface area contributed by atoms with Crippen LogP contribution < -0.4 is 10.1 Å². The van der Waals surface area contributed by atoms with Gasteiger partial charge in [-0.3, -0.25) is 4.79 Å². The third-order valence-corrected chi connectivity index (χ3v) is 4.13. The Kier molecular flexibility index (Phi) is 5.61. The van der Waals surface area contributed by atoms with Gasteiger partial charge in [0, 0.05) is 23.1 Å². The van der Waals surface area contributed by atoms with Crippen molar-refractivity contribution in [1.82, 2.24) is 0 Å². The third kappa shape index (κ3) is 3.64. The van der Waals surface area contributed by atoms with Crippen LogP contribution >= 0.6 is 0 Å². The fourth-order valence-corrected chi connectivity index (χ4v) is 2.47. The molecular formula is C19H25NO3. The standard InChI is InChI=1S/C19H25NO3/c1-5-13-23-19(3,6-2)18(21)20-16-11-12-17(22-4)15-10-8-7-9-14(15)16/h7-12H,5-6,13H2,1-4H3,(H,20,21)/t19-/m0/s1. The van der Waals surface area contributed by atoms with Crippen LogP contribution in [0.15, 0.2) is 36.4 Å². The van der Waals surface area contributed by atoms with Gasteiger partial charge in [0.05, 0.1) is 7.11 Å². The Balaban J connectivity index is 2.33. The number of methoxy groups -OCH3 is 1. The van der Waals surface area contributed by atoms with Gasteiger partial charge in [0.2, 0.25) is 0 Å². The second-order valence-electron chi connectivity index (χ2n) is 5.75. The molecular weight excluding hydrogens is 290 g/mol. The van der Waals surface area contributed by atoms with Crippen LogP contribution in [-0.2, 0) is 9.53 Å². The molecule has 0 spiro atoms. The highest BCUT2D eigenvalue weighted by molar-refractivity contribution is 6.06. The Morgan fingerprint density at radius 3 is 2.43 bits per heavy atom. The number of hydrogen-bond donors (Lipinski definition) is 1. The van der Waals surface area contributed by atoms with Crippen LogP contribution in [0.2, 0.25) is 0 Å². The van der Waals surface area contributed by atoms with Gasteiger partial charge in [0.25, 0.3) is 5.91 Å². The van der Waals surface area contributed by atoms with Crippen molar-refractivity contribution in [2.24, 2.45) is 0 Å². The number of anilines is 1. The Labute approximate surface area is 137 Å². The van der Waals surface area contributed by atoms with E-state index in [1.807, 2.05) is 57.2 Å². The molecule has 0 aromatic heterocycles. The SMILES string of the molecule is CCCO[C@@](C)(CC)C(=O)Nc1ccc(OC)c2ccccc12. The highest BCUT2D eigenvalue weighted by atomic mass is 16.5. The molecule has 0 fully saturated rings. The fourth-order valence-electron chi connectivity index (χ4n) is 2.47. The van der Waals surface area contributed by atoms with Crippen LogP contribution in [0.3, 0.4) is 0 Å². The summed E-state index contributed by atoms with van der Waals surface area (Å²) in [5.41, 5.74) is -0.0528. The van der Waals surface area contributed by atoms with E-state index in [1.54, 1.807) is 7.11 Å². The minimum absolute atomic E-state index is 0.122. The summed E-state index contributed by atoms with van der Waals surface area (Å²) in [5.74, 6) is 0.669. The first kappa shape index (κ1) is 17.3. The summed E-state index contributed by atoms with van der Waals surface area (Å²) in [5, 5.41) is 4.94. The maximum atomic E-state index is 12.7. The molecule has 23 heavy (non-hydrogen) atoms. The molecule has 0 aliphatic rings. The Morgan fingerprint density at radius 2 is 1.83 bits per heavy atom. The summed E-state index contributed by atoms with van der Waals surface area (Å²) in [6, 6.07) is 11.6. The molecule has 1 N–H and O–H groups in total. The van der Waals surface area contributed by atoms with E-state index in [9.17, 15) is 4.79 Å². The molecule has 0 bridgehead atoms. The molecule has 4 heteroatoms. The van der Waals surface area contributed by atoms with Gasteiger partial charge >= 0.3 is 0 Å². The molecule has 4 nitrogen and oxygen atoms in total. The average Bonchev–Trinajstić information content (AvgIpc) is 2.59. The molecule has 1 atom stereocenters. The van der Waals surface area contributed by atoms with E-state index >= 15 is 0 Å². The van der Waals surface area contributed by atoms with Gasteiger partial charge in [-0.25, -0.2) is 0 Å². The number of rotatable bonds is 7. The largest absolute Gasteiger partial charge is 0.496 e.